The molecule has 4 aromatic rings. The lowest BCUT2D eigenvalue weighted by Gasteiger charge is -2.39. The Labute approximate surface area is 191 Å². The van der Waals surface area contributed by atoms with Crippen molar-refractivity contribution in [2.45, 2.75) is 38.1 Å². The molecule has 2 atom stereocenters. The monoisotopic (exact) mass is 452 g/mol. The third-order valence-corrected chi connectivity index (χ3v) is 8.33. The number of anilines is 2. The Morgan fingerprint density at radius 1 is 1.23 bits per heavy atom. The lowest BCUT2D eigenvalue weighted by Crippen LogP contribution is -2.42. The quantitative estimate of drug-likeness (QED) is 0.336. The van der Waals surface area contributed by atoms with Crippen LogP contribution in [0.2, 0.25) is 0 Å². The van der Waals surface area contributed by atoms with E-state index in [4.69, 9.17) is 4.74 Å². The molecule has 31 heavy (non-hydrogen) atoms. The molecular formula is C24H28N4OS2. The zero-order valence-electron chi connectivity index (χ0n) is 18.0. The fraction of sp³-hybridized carbons (Fsp3) is 0.417. The van der Waals surface area contributed by atoms with Crippen LogP contribution in [0.5, 0.6) is 0 Å². The van der Waals surface area contributed by atoms with E-state index in [0.717, 1.165) is 41.3 Å². The van der Waals surface area contributed by atoms with Gasteiger partial charge in [0.25, 0.3) is 0 Å². The fourth-order valence-electron chi connectivity index (χ4n) is 4.66. The van der Waals surface area contributed by atoms with Crippen LogP contribution in [0, 0.1) is 0 Å². The fourth-order valence-corrected chi connectivity index (χ4v) is 6.58. The van der Waals surface area contributed by atoms with Crippen LogP contribution in [0.1, 0.15) is 37.0 Å². The van der Waals surface area contributed by atoms with Gasteiger partial charge in [-0.15, -0.1) is 22.7 Å². The summed E-state index contributed by atoms with van der Waals surface area (Å²) in [5.74, 6) is 0.565. The number of pyridine rings is 1. The molecule has 1 aliphatic heterocycles. The number of thiazole rings is 1. The van der Waals surface area contributed by atoms with Crippen molar-refractivity contribution in [3.63, 3.8) is 0 Å². The maximum atomic E-state index is 5.26. The zero-order valence-corrected chi connectivity index (χ0v) is 19.6. The highest BCUT2D eigenvalue weighted by molar-refractivity contribution is 7.18. The Morgan fingerprint density at radius 3 is 3.06 bits per heavy atom. The normalized spacial score (nSPS) is 19.9. The van der Waals surface area contributed by atoms with Gasteiger partial charge in [-0.25, -0.2) is 9.97 Å². The van der Waals surface area contributed by atoms with Crippen molar-refractivity contribution in [1.29, 1.82) is 0 Å². The standard InChI is InChI=1S/C24H28N4OS2/c1-16-18(5-3-10-28(16)11-4-12-29-2)23-14-19-20(8-9-25-24(19)31-23)27-17-6-7-22-21(13-17)26-15-30-22/h6-9,13-16,18H,3-5,10-12H2,1-2H3,(H,25,27)/t16-,18+/m1/s1. The Morgan fingerprint density at radius 2 is 2.16 bits per heavy atom. The lowest BCUT2D eigenvalue weighted by atomic mass is 9.88. The Bertz CT molecular complexity index is 1170. The van der Waals surface area contributed by atoms with Crippen molar-refractivity contribution < 1.29 is 4.74 Å². The Balaban J connectivity index is 1.39. The summed E-state index contributed by atoms with van der Waals surface area (Å²) >= 11 is 3.53. The number of fused-ring (bicyclic) bond motifs is 2. The minimum atomic E-state index is 0.544. The van der Waals surface area contributed by atoms with E-state index in [1.165, 1.54) is 34.3 Å². The molecule has 0 amide bonds. The minimum absolute atomic E-state index is 0.544. The zero-order chi connectivity index (χ0) is 21.2. The minimum Gasteiger partial charge on any atom is -0.385 e. The number of methoxy groups -OCH3 is 1. The topological polar surface area (TPSA) is 50.3 Å². The number of likely N-dealkylation sites (tertiary alicyclic amines) is 1. The molecule has 5 rings (SSSR count). The molecule has 162 valence electrons. The smallest absolute Gasteiger partial charge is 0.125 e. The van der Waals surface area contributed by atoms with Crippen LogP contribution in [0.3, 0.4) is 0 Å². The average molecular weight is 453 g/mol. The predicted molar refractivity (Wildman–Crippen MR) is 132 cm³/mol. The Kier molecular flexibility index (Phi) is 6.18. The van der Waals surface area contributed by atoms with E-state index in [9.17, 15) is 0 Å². The van der Waals surface area contributed by atoms with Crippen LogP contribution in [0.25, 0.3) is 20.4 Å². The first-order chi connectivity index (χ1) is 15.2. The van der Waals surface area contributed by atoms with Gasteiger partial charge in [0.15, 0.2) is 0 Å². The van der Waals surface area contributed by atoms with E-state index in [1.807, 2.05) is 23.0 Å². The molecular weight excluding hydrogens is 424 g/mol. The molecule has 1 saturated heterocycles. The number of nitrogens with zero attached hydrogens (tertiary/aromatic N) is 3. The van der Waals surface area contributed by atoms with E-state index >= 15 is 0 Å². The van der Waals surface area contributed by atoms with Gasteiger partial charge in [-0.2, -0.15) is 0 Å². The van der Waals surface area contributed by atoms with Crippen LogP contribution in [0.15, 0.2) is 42.0 Å². The summed E-state index contributed by atoms with van der Waals surface area (Å²) in [5.41, 5.74) is 5.11. The largest absolute Gasteiger partial charge is 0.385 e. The van der Waals surface area contributed by atoms with E-state index in [-0.39, 0.29) is 0 Å². The van der Waals surface area contributed by atoms with Crippen molar-refractivity contribution >= 4 is 54.5 Å². The summed E-state index contributed by atoms with van der Waals surface area (Å²) in [4.78, 5) is 14.3. The number of thiophene rings is 1. The number of nitrogens with one attached hydrogen (secondary N) is 1. The van der Waals surface area contributed by atoms with Crippen molar-refractivity contribution in [1.82, 2.24) is 14.9 Å². The highest BCUT2D eigenvalue weighted by Gasteiger charge is 2.30. The average Bonchev–Trinajstić information content (AvgIpc) is 3.42. The number of ether oxygens (including phenoxy) is 1. The van der Waals surface area contributed by atoms with Gasteiger partial charge in [0, 0.05) is 54.4 Å². The van der Waals surface area contributed by atoms with Gasteiger partial charge < -0.3 is 10.1 Å². The van der Waals surface area contributed by atoms with Gasteiger partial charge in [-0.3, -0.25) is 4.90 Å². The number of aromatic nitrogens is 2. The molecule has 3 aromatic heterocycles. The molecule has 4 heterocycles. The summed E-state index contributed by atoms with van der Waals surface area (Å²) in [5, 5.41) is 4.82. The van der Waals surface area contributed by atoms with Gasteiger partial charge in [0.1, 0.15) is 4.83 Å². The van der Waals surface area contributed by atoms with Crippen molar-refractivity contribution in [2.24, 2.45) is 0 Å². The van der Waals surface area contributed by atoms with Crippen LogP contribution < -0.4 is 5.32 Å². The highest BCUT2D eigenvalue weighted by atomic mass is 32.1. The first-order valence-corrected chi connectivity index (χ1v) is 12.6. The SMILES string of the molecule is COCCCN1CCC[C@H](c2cc3c(Nc4ccc5scnc5c4)ccnc3s2)[C@H]1C. The van der Waals surface area contributed by atoms with Crippen LogP contribution in [-0.2, 0) is 4.74 Å². The van der Waals surface area contributed by atoms with Crippen molar-refractivity contribution in [3.8, 4) is 0 Å². The van der Waals surface area contributed by atoms with E-state index in [0.29, 0.717) is 12.0 Å². The lowest BCUT2D eigenvalue weighted by molar-refractivity contribution is 0.117. The summed E-state index contributed by atoms with van der Waals surface area (Å²) in [7, 11) is 1.78. The van der Waals surface area contributed by atoms with Crippen molar-refractivity contribution in [3.05, 3.63) is 46.9 Å². The van der Waals surface area contributed by atoms with Crippen LogP contribution >= 0.6 is 22.7 Å². The van der Waals surface area contributed by atoms with Gasteiger partial charge in [-0.05, 0) is 63.1 Å². The summed E-state index contributed by atoms with van der Waals surface area (Å²) < 4.78 is 6.47. The number of piperidine rings is 1. The van der Waals surface area contributed by atoms with E-state index < -0.39 is 0 Å². The molecule has 1 aromatic carbocycles. The molecule has 5 nitrogen and oxygen atoms in total. The molecule has 0 saturated carbocycles. The Hall–Kier alpha value is -2.06. The molecule has 0 bridgehead atoms. The number of hydrogen-bond donors (Lipinski definition) is 1. The molecule has 0 aliphatic carbocycles. The number of rotatable bonds is 7. The van der Waals surface area contributed by atoms with Gasteiger partial charge in [-0.1, -0.05) is 0 Å². The third-order valence-electron chi connectivity index (χ3n) is 6.34. The molecule has 1 N–H and O–H groups in total. The summed E-state index contributed by atoms with van der Waals surface area (Å²) in [6, 6.07) is 11.4. The van der Waals surface area contributed by atoms with Gasteiger partial charge in [0.2, 0.25) is 0 Å². The maximum Gasteiger partial charge on any atom is 0.125 e. The first-order valence-electron chi connectivity index (χ1n) is 10.9. The molecule has 7 heteroatoms. The van der Waals surface area contributed by atoms with Gasteiger partial charge in [0.05, 0.1) is 21.4 Å². The summed E-state index contributed by atoms with van der Waals surface area (Å²) in [6.07, 6.45) is 5.51. The second-order valence-electron chi connectivity index (χ2n) is 8.26. The predicted octanol–water partition coefficient (Wildman–Crippen LogP) is 6.25. The van der Waals surface area contributed by atoms with E-state index in [1.54, 1.807) is 18.4 Å². The van der Waals surface area contributed by atoms with Gasteiger partial charge >= 0.3 is 0 Å². The molecule has 1 fully saturated rings. The number of hydrogen-bond acceptors (Lipinski definition) is 7. The van der Waals surface area contributed by atoms with Crippen molar-refractivity contribution in [2.75, 3.05) is 32.1 Å². The molecule has 0 unspecified atom stereocenters. The molecule has 0 radical (unpaired) electrons. The van der Waals surface area contributed by atoms with E-state index in [2.05, 4.69) is 57.4 Å². The third kappa shape index (κ3) is 4.32. The summed E-state index contributed by atoms with van der Waals surface area (Å²) in [6.45, 7) is 5.52. The molecule has 0 spiro atoms. The van der Waals surface area contributed by atoms with Crippen LogP contribution in [0.4, 0.5) is 11.4 Å². The van der Waals surface area contributed by atoms with Crippen LogP contribution in [-0.4, -0.2) is 47.7 Å². The number of benzene rings is 1. The maximum absolute atomic E-state index is 5.26. The molecule has 1 aliphatic rings. The first kappa shape index (κ1) is 20.8. The highest BCUT2D eigenvalue weighted by Crippen LogP contribution is 2.40. The second kappa shape index (κ2) is 9.20. The second-order valence-corrected chi connectivity index (χ2v) is 10.2.